The molecular formula is C23H26F2N8O5S. The lowest BCUT2D eigenvalue weighted by molar-refractivity contribution is 0.0568. The van der Waals surface area contributed by atoms with Gasteiger partial charge in [-0.2, -0.15) is 13.9 Å². The van der Waals surface area contributed by atoms with Crippen molar-refractivity contribution in [2.24, 2.45) is 0 Å². The standard InChI is InChI=1S/C23H26F2N8O5S/c1-13-11-26-20(27-12-13)19(38-5)14(2)39(34,35)31-23-29-28-21(15-9-10-32(30-15)22(24)25)33(23)18-16(36-3)7-6-8-17(18)37-4/h6-12,14,19,22H,1-5H3,(H,29,31)/t14-,19-/m0/s1. The van der Waals surface area contributed by atoms with Crippen LogP contribution in [-0.4, -0.2) is 69.5 Å². The zero-order valence-electron chi connectivity index (χ0n) is 21.6. The van der Waals surface area contributed by atoms with Gasteiger partial charge in [-0.3, -0.25) is 9.29 Å². The van der Waals surface area contributed by atoms with Crippen LogP contribution < -0.4 is 14.2 Å². The summed E-state index contributed by atoms with van der Waals surface area (Å²) in [5.41, 5.74) is 1.00. The third-order valence-corrected chi connectivity index (χ3v) is 7.48. The molecule has 0 saturated carbocycles. The molecule has 0 aliphatic heterocycles. The summed E-state index contributed by atoms with van der Waals surface area (Å²) < 4.78 is 74.2. The molecule has 0 fully saturated rings. The Morgan fingerprint density at radius 3 is 2.18 bits per heavy atom. The van der Waals surface area contributed by atoms with Gasteiger partial charge in [0.25, 0.3) is 0 Å². The second-order valence-electron chi connectivity index (χ2n) is 8.28. The minimum atomic E-state index is -4.24. The first kappa shape index (κ1) is 27.8. The van der Waals surface area contributed by atoms with Crippen molar-refractivity contribution < 1.29 is 31.4 Å². The lowest BCUT2D eigenvalue weighted by Crippen LogP contribution is -2.33. The Morgan fingerprint density at radius 1 is 1.00 bits per heavy atom. The number of anilines is 1. The number of nitrogens with one attached hydrogen (secondary N) is 1. The van der Waals surface area contributed by atoms with E-state index in [0.29, 0.717) is 4.68 Å². The monoisotopic (exact) mass is 564 g/mol. The first-order chi connectivity index (χ1) is 18.6. The third-order valence-electron chi connectivity index (χ3n) is 5.78. The van der Waals surface area contributed by atoms with E-state index in [9.17, 15) is 17.2 Å². The number of benzene rings is 1. The molecule has 0 bridgehead atoms. The average Bonchev–Trinajstić information content (AvgIpc) is 3.56. The van der Waals surface area contributed by atoms with Gasteiger partial charge in [0.2, 0.25) is 16.0 Å². The highest BCUT2D eigenvalue weighted by Gasteiger charge is 2.35. The van der Waals surface area contributed by atoms with Crippen LogP contribution in [0.1, 0.15) is 31.0 Å². The van der Waals surface area contributed by atoms with Crippen LogP contribution in [0.15, 0.2) is 42.9 Å². The molecule has 3 aromatic heterocycles. The van der Waals surface area contributed by atoms with Gasteiger partial charge in [-0.1, -0.05) is 6.07 Å². The van der Waals surface area contributed by atoms with E-state index < -0.39 is 27.9 Å². The molecule has 0 unspecified atom stereocenters. The van der Waals surface area contributed by atoms with Gasteiger partial charge in [-0.15, -0.1) is 10.2 Å². The number of alkyl halides is 2. The lowest BCUT2D eigenvalue weighted by atomic mass is 10.2. The first-order valence-corrected chi connectivity index (χ1v) is 13.0. The van der Waals surface area contributed by atoms with Crippen LogP contribution in [0.3, 0.4) is 0 Å². The summed E-state index contributed by atoms with van der Waals surface area (Å²) in [5, 5.41) is 10.7. The first-order valence-electron chi connectivity index (χ1n) is 11.4. The quantitative estimate of drug-likeness (QED) is 0.288. The topological polar surface area (TPSA) is 148 Å². The summed E-state index contributed by atoms with van der Waals surface area (Å²) >= 11 is 0. The molecule has 4 aromatic rings. The van der Waals surface area contributed by atoms with E-state index in [-0.39, 0.29) is 40.5 Å². The molecule has 1 aromatic carbocycles. The van der Waals surface area contributed by atoms with Gasteiger partial charge in [0.05, 0.1) is 14.2 Å². The van der Waals surface area contributed by atoms with Crippen LogP contribution >= 0.6 is 0 Å². The summed E-state index contributed by atoms with van der Waals surface area (Å²) in [6, 6.07) is 6.17. The Kier molecular flexibility index (Phi) is 8.06. The Balaban J connectivity index is 1.84. The van der Waals surface area contributed by atoms with Crippen LogP contribution in [0, 0.1) is 6.92 Å². The number of sulfonamides is 1. The fraction of sp³-hybridized carbons (Fsp3) is 0.348. The minimum absolute atomic E-state index is 0.00270. The Labute approximate surface area is 222 Å². The van der Waals surface area contributed by atoms with E-state index in [4.69, 9.17) is 14.2 Å². The number of halogens is 2. The number of nitrogens with zero attached hydrogens (tertiary/aromatic N) is 7. The lowest BCUT2D eigenvalue weighted by Gasteiger charge is -2.22. The predicted octanol–water partition coefficient (Wildman–Crippen LogP) is 3.16. The van der Waals surface area contributed by atoms with Crippen molar-refractivity contribution in [1.82, 2.24) is 34.5 Å². The van der Waals surface area contributed by atoms with Crippen molar-refractivity contribution in [1.29, 1.82) is 0 Å². The summed E-state index contributed by atoms with van der Waals surface area (Å²) in [6.45, 7) is 0.327. The van der Waals surface area contributed by atoms with Crippen LogP contribution in [0.4, 0.5) is 14.7 Å². The molecular weight excluding hydrogens is 538 g/mol. The van der Waals surface area contributed by atoms with Crippen LogP contribution in [0.5, 0.6) is 11.5 Å². The maximum Gasteiger partial charge on any atom is 0.333 e. The summed E-state index contributed by atoms with van der Waals surface area (Å²) in [5.74, 6) is 0.380. The SMILES string of the molecule is COc1cccc(OC)c1-n1c(NS(=O)(=O)[C@@H](C)[C@H](OC)c2ncc(C)cn2)nnc1-c1ccn(C(F)F)n1. The van der Waals surface area contributed by atoms with E-state index in [2.05, 4.69) is 30.0 Å². The Bertz CT molecular complexity index is 1520. The fourth-order valence-corrected chi connectivity index (χ4v) is 4.92. The second-order valence-corrected chi connectivity index (χ2v) is 10.3. The zero-order valence-corrected chi connectivity index (χ0v) is 22.4. The van der Waals surface area contributed by atoms with Gasteiger partial charge >= 0.3 is 6.55 Å². The summed E-state index contributed by atoms with van der Waals surface area (Å²) in [6.07, 6.45) is 3.14. The van der Waals surface area contributed by atoms with Crippen molar-refractivity contribution in [3.63, 3.8) is 0 Å². The highest BCUT2D eigenvalue weighted by molar-refractivity contribution is 7.93. The normalized spacial score (nSPS) is 13.3. The highest BCUT2D eigenvalue weighted by atomic mass is 32.2. The van der Waals surface area contributed by atoms with Gasteiger partial charge in [0.1, 0.15) is 34.2 Å². The maximum atomic E-state index is 13.6. The van der Waals surface area contributed by atoms with Crippen LogP contribution in [0.2, 0.25) is 0 Å². The molecule has 0 aliphatic rings. The molecule has 2 atom stereocenters. The Hall–Kier alpha value is -4.18. The fourth-order valence-electron chi connectivity index (χ4n) is 3.79. The number of hydrogen-bond acceptors (Lipinski definition) is 10. The molecule has 1 N–H and O–H groups in total. The Morgan fingerprint density at radius 2 is 1.64 bits per heavy atom. The molecule has 0 aliphatic carbocycles. The molecule has 39 heavy (non-hydrogen) atoms. The number of para-hydroxylation sites is 1. The smallest absolute Gasteiger partial charge is 0.333 e. The zero-order chi connectivity index (χ0) is 28.3. The number of hydrogen-bond donors (Lipinski definition) is 1. The number of aryl methyl sites for hydroxylation is 1. The average molecular weight is 565 g/mol. The molecule has 0 radical (unpaired) electrons. The largest absolute Gasteiger partial charge is 0.494 e. The van der Waals surface area contributed by atoms with Crippen LogP contribution in [0.25, 0.3) is 17.2 Å². The predicted molar refractivity (Wildman–Crippen MR) is 135 cm³/mol. The second kappa shape index (κ2) is 11.3. The van der Waals surface area contributed by atoms with E-state index in [0.717, 1.165) is 11.8 Å². The summed E-state index contributed by atoms with van der Waals surface area (Å²) in [4.78, 5) is 8.39. The van der Waals surface area contributed by atoms with Crippen LogP contribution in [-0.2, 0) is 14.8 Å². The van der Waals surface area contributed by atoms with E-state index >= 15 is 0 Å². The van der Waals surface area contributed by atoms with Gasteiger partial charge in [-0.05, 0) is 37.6 Å². The van der Waals surface area contributed by atoms with Crippen molar-refractivity contribution in [2.75, 3.05) is 26.1 Å². The van der Waals surface area contributed by atoms with Gasteiger partial charge < -0.3 is 14.2 Å². The minimum Gasteiger partial charge on any atom is -0.494 e. The van der Waals surface area contributed by atoms with Crippen molar-refractivity contribution in [2.45, 2.75) is 31.8 Å². The number of aromatic nitrogens is 7. The number of ether oxygens (including phenoxy) is 3. The maximum absolute atomic E-state index is 13.6. The van der Waals surface area contributed by atoms with Crippen molar-refractivity contribution in [3.05, 3.63) is 54.2 Å². The van der Waals surface area contributed by atoms with Gasteiger partial charge in [-0.25, -0.2) is 23.1 Å². The highest BCUT2D eigenvalue weighted by Crippen LogP contribution is 2.38. The van der Waals surface area contributed by atoms with E-state index in [1.54, 1.807) is 37.5 Å². The van der Waals surface area contributed by atoms with Gasteiger partial charge in [0.15, 0.2) is 11.6 Å². The molecule has 0 spiro atoms. The van der Waals surface area contributed by atoms with E-state index in [1.165, 1.54) is 38.9 Å². The molecule has 0 saturated heterocycles. The molecule has 4 rings (SSSR count). The van der Waals surface area contributed by atoms with E-state index in [1.807, 2.05) is 0 Å². The van der Waals surface area contributed by atoms with Crippen molar-refractivity contribution in [3.8, 4) is 28.7 Å². The third kappa shape index (κ3) is 5.51. The van der Waals surface area contributed by atoms with Crippen molar-refractivity contribution >= 4 is 16.0 Å². The molecule has 208 valence electrons. The molecule has 13 nitrogen and oxygen atoms in total. The molecule has 16 heteroatoms. The van der Waals surface area contributed by atoms with Gasteiger partial charge in [0, 0.05) is 25.7 Å². The number of rotatable bonds is 11. The number of methoxy groups -OCH3 is 3. The molecule has 3 heterocycles. The summed E-state index contributed by atoms with van der Waals surface area (Å²) in [7, 11) is -0.0740. The molecule has 0 amide bonds.